The minimum Gasteiger partial charge on any atom is -0.466 e. The summed E-state index contributed by atoms with van der Waals surface area (Å²) in [5.41, 5.74) is 0. The molecule has 380 valence electrons. The molecule has 0 saturated heterocycles. The fourth-order valence-electron chi connectivity index (χ4n) is 8.41. The van der Waals surface area contributed by atoms with Gasteiger partial charge in [-0.15, -0.1) is 0 Å². The number of allylic oxidation sites excluding steroid dienone is 7. The summed E-state index contributed by atoms with van der Waals surface area (Å²) in [6, 6.07) is -0.642. The number of ether oxygens (including phenoxy) is 1. The monoisotopic (exact) mass is 912 g/mol. The Balaban J connectivity index is 3.52. The molecule has 6 heteroatoms. The number of aliphatic hydroxyl groups is 2. The van der Waals surface area contributed by atoms with Crippen molar-refractivity contribution in [2.24, 2.45) is 0 Å². The molecule has 0 aromatic heterocycles. The molecule has 0 spiro atoms. The van der Waals surface area contributed by atoms with Gasteiger partial charge in [0.15, 0.2) is 0 Å². The third-order valence-corrected chi connectivity index (χ3v) is 12.8. The minimum atomic E-state index is -0.856. The number of rotatable bonds is 52. The number of hydrogen-bond acceptors (Lipinski definition) is 5. The second-order valence-electron chi connectivity index (χ2n) is 19.3. The van der Waals surface area contributed by atoms with Gasteiger partial charge in [0.2, 0.25) is 5.91 Å². The van der Waals surface area contributed by atoms with Crippen molar-refractivity contribution in [1.82, 2.24) is 5.32 Å². The number of amides is 1. The summed E-state index contributed by atoms with van der Waals surface area (Å²) < 4.78 is 5.45. The van der Waals surface area contributed by atoms with Gasteiger partial charge in [-0.3, -0.25) is 9.59 Å². The van der Waals surface area contributed by atoms with Crippen LogP contribution in [0.5, 0.6) is 0 Å². The Morgan fingerprint density at radius 1 is 0.431 bits per heavy atom. The molecule has 0 aromatic carbocycles. The van der Waals surface area contributed by atoms with E-state index in [1.807, 2.05) is 6.08 Å². The van der Waals surface area contributed by atoms with Crippen molar-refractivity contribution in [1.29, 1.82) is 0 Å². The van der Waals surface area contributed by atoms with E-state index in [1.54, 1.807) is 6.08 Å². The van der Waals surface area contributed by atoms with E-state index in [0.29, 0.717) is 19.4 Å². The Bertz CT molecular complexity index is 1100. The van der Waals surface area contributed by atoms with Crippen LogP contribution in [0.1, 0.15) is 290 Å². The van der Waals surface area contributed by atoms with Gasteiger partial charge in [-0.05, 0) is 83.5 Å². The van der Waals surface area contributed by atoms with Gasteiger partial charge in [0, 0.05) is 12.8 Å². The van der Waals surface area contributed by atoms with Crippen LogP contribution in [0.25, 0.3) is 0 Å². The van der Waals surface area contributed by atoms with Crippen molar-refractivity contribution >= 4 is 11.9 Å². The first-order chi connectivity index (χ1) is 32.0. The summed E-state index contributed by atoms with van der Waals surface area (Å²) in [5.74, 6) is -0.104. The second kappa shape index (κ2) is 54.4. The molecule has 0 aromatic rings. The second-order valence-corrected chi connectivity index (χ2v) is 19.3. The summed E-state index contributed by atoms with van der Waals surface area (Å²) in [6.07, 6.45) is 68.3. The van der Waals surface area contributed by atoms with E-state index in [9.17, 15) is 19.8 Å². The number of hydrogen-bond donors (Lipinski definition) is 3. The first-order valence-electron chi connectivity index (χ1n) is 28.4. The van der Waals surface area contributed by atoms with Crippen molar-refractivity contribution < 1.29 is 24.5 Å². The molecule has 0 aliphatic carbocycles. The average Bonchev–Trinajstić information content (AvgIpc) is 3.31. The summed E-state index contributed by atoms with van der Waals surface area (Å²) in [5, 5.41) is 23.1. The smallest absolute Gasteiger partial charge is 0.305 e. The molecule has 3 N–H and O–H groups in total. The lowest BCUT2D eigenvalue weighted by molar-refractivity contribution is -0.143. The van der Waals surface area contributed by atoms with E-state index < -0.39 is 12.1 Å². The average molecular weight is 913 g/mol. The summed E-state index contributed by atoms with van der Waals surface area (Å²) >= 11 is 0. The molecule has 0 fully saturated rings. The van der Waals surface area contributed by atoms with Gasteiger partial charge >= 0.3 is 5.97 Å². The lowest BCUT2D eigenvalue weighted by Gasteiger charge is -2.20. The normalized spacial score (nSPS) is 13.0. The van der Waals surface area contributed by atoms with Gasteiger partial charge in [-0.2, -0.15) is 0 Å². The third-order valence-electron chi connectivity index (χ3n) is 12.8. The van der Waals surface area contributed by atoms with Gasteiger partial charge in [0.25, 0.3) is 0 Å². The zero-order valence-corrected chi connectivity index (χ0v) is 43.2. The number of aliphatic hydroxyl groups excluding tert-OH is 2. The standard InChI is InChI=1S/C59H109NO5/c1-3-5-7-9-11-13-15-17-19-20-21-24-27-31-35-39-43-47-51-57(62)56(55-61)60-58(63)52-48-44-40-36-32-28-25-22-23-26-30-34-38-42-46-50-54-65-59(64)53-49-45-41-37-33-29-18-16-14-12-10-8-6-4-2/h10,12,16,18,22,25,47,51,56-57,61-62H,3-9,11,13-15,17,19-21,23-24,26-46,48-50,52-55H2,1-2H3,(H,60,63)/b12-10-,18-16-,25-22-,51-47+. The predicted molar refractivity (Wildman–Crippen MR) is 282 cm³/mol. The molecular formula is C59H109NO5. The van der Waals surface area contributed by atoms with Gasteiger partial charge in [0.05, 0.1) is 25.4 Å². The maximum absolute atomic E-state index is 12.5. The topological polar surface area (TPSA) is 95.9 Å². The van der Waals surface area contributed by atoms with Crippen LogP contribution >= 0.6 is 0 Å². The first kappa shape index (κ1) is 62.8. The fraction of sp³-hybridized carbons (Fsp3) is 0.831. The van der Waals surface area contributed by atoms with Crippen molar-refractivity contribution in [3.05, 3.63) is 48.6 Å². The van der Waals surface area contributed by atoms with Crippen LogP contribution in [0.15, 0.2) is 48.6 Å². The van der Waals surface area contributed by atoms with Crippen LogP contribution < -0.4 is 5.32 Å². The molecule has 6 nitrogen and oxygen atoms in total. The van der Waals surface area contributed by atoms with Crippen molar-refractivity contribution in [3.63, 3.8) is 0 Å². The molecule has 0 radical (unpaired) electrons. The number of carbonyl (C=O) groups is 2. The maximum atomic E-state index is 12.5. The van der Waals surface area contributed by atoms with Crippen LogP contribution in [-0.4, -0.2) is 47.4 Å². The Labute approximate surface area is 404 Å². The fourth-order valence-corrected chi connectivity index (χ4v) is 8.41. The van der Waals surface area contributed by atoms with Gasteiger partial charge in [-0.25, -0.2) is 0 Å². The molecule has 1 amide bonds. The molecule has 0 bridgehead atoms. The number of esters is 1. The van der Waals surface area contributed by atoms with Crippen molar-refractivity contribution in [3.8, 4) is 0 Å². The zero-order valence-electron chi connectivity index (χ0n) is 43.2. The predicted octanol–water partition coefficient (Wildman–Crippen LogP) is 17.4. The first-order valence-corrected chi connectivity index (χ1v) is 28.4. The van der Waals surface area contributed by atoms with Crippen LogP contribution in [0, 0.1) is 0 Å². The molecular weight excluding hydrogens is 803 g/mol. The summed E-state index contributed by atoms with van der Waals surface area (Å²) in [6.45, 7) is 4.83. The quantitative estimate of drug-likeness (QED) is 0.0321. The van der Waals surface area contributed by atoms with E-state index in [1.165, 1.54) is 193 Å². The summed E-state index contributed by atoms with van der Waals surface area (Å²) in [4.78, 5) is 24.5. The highest BCUT2D eigenvalue weighted by Crippen LogP contribution is 2.16. The van der Waals surface area contributed by atoms with Gasteiger partial charge in [-0.1, -0.05) is 242 Å². The van der Waals surface area contributed by atoms with Crippen molar-refractivity contribution in [2.45, 2.75) is 302 Å². The van der Waals surface area contributed by atoms with Gasteiger partial charge in [0.1, 0.15) is 0 Å². The molecule has 2 unspecified atom stereocenters. The number of nitrogens with one attached hydrogen (secondary N) is 1. The SMILES string of the molecule is CCCC/C=C\C/C=C\CCCCCCCC(=O)OCCCCCCCCC/C=C\CCCCCCCC(=O)NC(CO)C(O)/C=C/CCCCCCCCCCCCCCCCCC. The lowest BCUT2D eigenvalue weighted by atomic mass is 10.0. The molecule has 2 atom stereocenters. The van der Waals surface area contributed by atoms with Crippen molar-refractivity contribution in [2.75, 3.05) is 13.2 Å². The van der Waals surface area contributed by atoms with Crippen LogP contribution in [0.2, 0.25) is 0 Å². The Morgan fingerprint density at radius 3 is 1.23 bits per heavy atom. The van der Waals surface area contributed by atoms with Crippen LogP contribution in [-0.2, 0) is 14.3 Å². The van der Waals surface area contributed by atoms with Crippen LogP contribution in [0.3, 0.4) is 0 Å². The number of carbonyl (C=O) groups excluding carboxylic acids is 2. The largest absolute Gasteiger partial charge is 0.466 e. The van der Waals surface area contributed by atoms with Gasteiger partial charge < -0.3 is 20.3 Å². The summed E-state index contributed by atoms with van der Waals surface area (Å²) in [7, 11) is 0. The van der Waals surface area contributed by atoms with Crippen LogP contribution in [0.4, 0.5) is 0 Å². The highest BCUT2D eigenvalue weighted by atomic mass is 16.5. The molecule has 65 heavy (non-hydrogen) atoms. The van der Waals surface area contributed by atoms with E-state index in [4.69, 9.17) is 4.74 Å². The van der Waals surface area contributed by atoms with E-state index in [0.717, 1.165) is 70.6 Å². The third kappa shape index (κ3) is 51.1. The molecule has 0 aliphatic rings. The lowest BCUT2D eigenvalue weighted by Crippen LogP contribution is -2.45. The maximum Gasteiger partial charge on any atom is 0.305 e. The Morgan fingerprint density at radius 2 is 0.785 bits per heavy atom. The zero-order chi connectivity index (χ0) is 47.2. The van der Waals surface area contributed by atoms with E-state index >= 15 is 0 Å². The van der Waals surface area contributed by atoms with E-state index in [-0.39, 0.29) is 18.5 Å². The molecule has 0 aliphatic heterocycles. The Hall–Kier alpha value is -2.18. The molecule has 0 heterocycles. The highest BCUT2D eigenvalue weighted by Gasteiger charge is 2.18. The van der Waals surface area contributed by atoms with E-state index in [2.05, 4.69) is 55.6 Å². The minimum absolute atomic E-state index is 0.0190. The highest BCUT2D eigenvalue weighted by molar-refractivity contribution is 5.76. The molecule has 0 saturated carbocycles. The number of unbranched alkanes of at least 4 members (excludes halogenated alkanes) is 35. The molecule has 0 rings (SSSR count). The Kier molecular flexibility index (Phi) is 52.6.